The highest BCUT2D eigenvalue weighted by Gasteiger charge is 2.10. The summed E-state index contributed by atoms with van der Waals surface area (Å²) in [7, 11) is 0. The SMILES string of the molecule is Cc1cccc(N)c1-c1nc2ccccc2s1. The number of nitrogen functional groups attached to an aromatic ring is 1. The van der Waals surface area contributed by atoms with Gasteiger partial charge in [0.15, 0.2) is 0 Å². The quantitative estimate of drug-likeness (QED) is 0.656. The largest absolute Gasteiger partial charge is 0.398 e. The third-order valence-corrected chi connectivity index (χ3v) is 3.87. The first kappa shape index (κ1) is 10.3. The topological polar surface area (TPSA) is 38.9 Å². The molecule has 1 aromatic heterocycles. The lowest BCUT2D eigenvalue weighted by atomic mass is 10.1. The summed E-state index contributed by atoms with van der Waals surface area (Å²) in [6.45, 7) is 2.07. The van der Waals surface area contributed by atoms with Gasteiger partial charge < -0.3 is 5.73 Å². The monoisotopic (exact) mass is 240 g/mol. The fourth-order valence-electron chi connectivity index (χ4n) is 1.96. The molecule has 3 rings (SSSR count). The Kier molecular flexibility index (Phi) is 2.34. The van der Waals surface area contributed by atoms with Gasteiger partial charge in [-0.05, 0) is 30.7 Å². The Hall–Kier alpha value is -1.87. The van der Waals surface area contributed by atoms with Crippen LogP contribution < -0.4 is 5.73 Å². The van der Waals surface area contributed by atoms with Crippen LogP contribution in [0.25, 0.3) is 20.8 Å². The average molecular weight is 240 g/mol. The van der Waals surface area contributed by atoms with Crippen LogP contribution in [0.2, 0.25) is 0 Å². The second-order valence-corrected chi connectivity index (χ2v) is 5.06. The molecule has 3 aromatic rings. The molecule has 2 nitrogen and oxygen atoms in total. The van der Waals surface area contributed by atoms with E-state index in [0.29, 0.717) is 0 Å². The van der Waals surface area contributed by atoms with E-state index in [0.717, 1.165) is 21.8 Å². The minimum Gasteiger partial charge on any atom is -0.398 e. The molecule has 0 aliphatic rings. The van der Waals surface area contributed by atoms with E-state index < -0.39 is 0 Å². The van der Waals surface area contributed by atoms with Gasteiger partial charge in [-0.25, -0.2) is 4.98 Å². The van der Waals surface area contributed by atoms with E-state index in [9.17, 15) is 0 Å². The van der Waals surface area contributed by atoms with Gasteiger partial charge >= 0.3 is 0 Å². The minimum atomic E-state index is 0.795. The summed E-state index contributed by atoms with van der Waals surface area (Å²) in [5.41, 5.74) is 10.1. The highest BCUT2D eigenvalue weighted by molar-refractivity contribution is 7.21. The van der Waals surface area contributed by atoms with Gasteiger partial charge in [0.25, 0.3) is 0 Å². The molecule has 0 fully saturated rings. The third-order valence-electron chi connectivity index (χ3n) is 2.81. The zero-order chi connectivity index (χ0) is 11.8. The Morgan fingerprint density at radius 2 is 1.88 bits per heavy atom. The van der Waals surface area contributed by atoms with Crippen LogP contribution in [0.3, 0.4) is 0 Å². The Morgan fingerprint density at radius 3 is 2.65 bits per heavy atom. The number of para-hydroxylation sites is 1. The van der Waals surface area contributed by atoms with E-state index in [1.165, 1.54) is 10.3 Å². The number of benzene rings is 2. The van der Waals surface area contributed by atoms with Gasteiger partial charge in [-0.1, -0.05) is 24.3 Å². The summed E-state index contributed by atoms with van der Waals surface area (Å²) in [6.07, 6.45) is 0. The van der Waals surface area contributed by atoms with Crippen molar-refractivity contribution < 1.29 is 0 Å². The first-order valence-electron chi connectivity index (χ1n) is 5.47. The molecule has 0 radical (unpaired) electrons. The van der Waals surface area contributed by atoms with Gasteiger partial charge in [0.1, 0.15) is 5.01 Å². The summed E-state index contributed by atoms with van der Waals surface area (Å²) in [5, 5.41) is 1.00. The number of thiazole rings is 1. The zero-order valence-corrected chi connectivity index (χ0v) is 10.3. The maximum Gasteiger partial charge on any atom is 0.126 e. The lowest BCUT2D eigenvalue weighted by Crippen LogP contribution is -1.91. The number of fused-ring (bicyclic) bond motifs is 1. The summed E-state index contributed by atoms with van der Waals surface area (Å²) in [5.74, 6) is 0. The molecule has 2 aromatic carbocycles. The number of nitrogens with two attached hydrogens (primary N) is 1. The Labute approximate surface area is 104 Å². The highest BCUT2D eigenvalue weighted by atomic mass is 32.1. The maximum absolute atomic E-state index is 6.04. The van der Waals surface area contributed by atoms with Crippen LogP contribution in [0.15, 0.2) is 42.5 Å². The second kappa shape index (κ2) is 3.86. The minimum absolute atomic E-state index is 0.795. The van der Waals surface area contributed by atoms with Gasteiger partial charge in [-0.2, -0.15) is 0 Å². The highest BCUT2D eigenvalue weighted by Crippen LogP contribution is 2.35. The molecule has 0 unspecified atom stereocenters. The van der Waals surface area contributed by atoms with Crippen LogP contribution in [0.5, 0.6) is 0 Å². The molecule has 0 amide bonds. The number of hydrogen-bond acceptors (Lipinski definition) is 3. The molecular weight excluding hydrogens is 228 g/mol. The average Bonchev–Trinajstić information content (AvgIpc) is 2.71. The van der Waals surface area contributed by atoms with Crippen LogP contribution >= 0.6 is 11.3 Å². The van der Waals surface area contributed by atoms with Gasteiger partial charge in [-0.3, -0.25) is 0 Å². The molecule has 0 spiro atoms. The molecule has 0 aliphatic carbocycles. The molecule has 0 saturated heterocycles. The maximum atomic E-state index is 6.04. The van der Waals surface area contributed by atoms with E-state index in [4.69, 9.17) is 5.73 Å². The number of aryl methyl sites for hydroxylation is 1. The van der Waals surface area contributed by atoms with Crippen molar-refractivity contribution in [2.75, 3.05) is 5.73 Å². The van der Waals surface area contributed by atoms with Gasteiger partial charge in [0, 0.05) is 11.3 Å². The molecule has 1 heterocycles. The summed E-state index contributed by atoms with van der Waals surface area (Å²) < 4.78 is 1.20. The Morgan fingerprint density at radius 1 is 1.06 bits per heavy atom. The predicted octanol–water partition coefficient (Wildman–Crippen LogP) is 3.85. The standard InChI is InChI=1S/C14H12N2S/c1-9-5-4-6-10(15)13(9)14-16-11-7-2-3-8-12(11)17-14/h2-8H,15H2,1H3. The normalized spacial score (nSPS) is 10.9. The molecule has 0 saturated carbocycles. The summed E-state index contributed by atoms with van der Waals surface area (Å²) >= 11 is 1.69. The van der Waals surface area contributed by atoms with Crippen molar-refractivity contribution in [1.29, 1.82) is 0 Å². The van der Waals surface area contributed by atoms with Crippen LogP contribution in [0.1, 0.15) is 5.56 Å². The van der Waals surface area contributed by atoms with Crippen molar-refractivity contribution in [3.63, 3.8) is 0 Å². The van der Waals surface area contributed by atoms with Crippen molar-refractivity contribution in [2.45, 2.75) is 6.92 Å². The molecule has 84 valence electrons. The number of aromatic nitrogens is 1. The van der Waals surface area contributed by atoms with E-state index in [2.05, 4.69) is 24.0 Å². The van der Waals surface area contributed by atoms with Crippen LogP contribution in [-0.2, 0) is 0 Å². The van der Waals surface area contributed by atoms with Crippen LogP contribution in [-0.4, -0.2) is 4.98 Å². The number of anilines is 1. The molecular formula is C14H12N2S. The lowest BCUT2D eigenvalue weighted by Gasteiger charge is -2.05. The molecule has 0 aliphatic heterocycles. The van der Waals surface area contributed by atoms with Gasteiger partial charge in [0.05, 0.1) is 10.2 Å². The van der Waals surface area contributed by atoms with E-state index in [1.807, 2.05) is 30.3 Å². The first-order valence-corrected chi connectivity index (χ1v) is 6.28. The van der Waals surface area contributed by atoms with Gasteiger partial charge in [0.2, 0.25) is 0 Å². The Balaban J connectivity index is 2.27. The Bertz CT molecular complexity index is 632. The predicted molar refractivity (Wildman–Crippen MR) is 74.2 cm³/mol. The summed E-state index contributed by atoms with van der Waals surface area (Å²) in [6, 6.07) is 14.1. The molecule has 3 heteroatoms. The molecule has 2 N–H and O–H groups in total. The van der Waals surface area contributed by atoms with Crippen LogP contribution in [0, 0.1) is 6.92 Å². The second-order valence-electron chi connectivity index (χ2n) is 4.03. The van der Waals surface area contributed by atoms with Crippen molar-refractivity contribution in [2.24, 2.45) is 0 Å². The van der Waals surface area contributed by atoms with Crippen molar-refractivity contribution >= 4 is 27.2 Å². The lowest BCUT2D eigenvalue weighted by molar-refractivity contribution is 1.41. The van der Waals surface area contributed by atoms with Crippen LogP contribution in [0.4, 0.5) is 5.69 Å². The molecule has 17 heavy (non-hydrogen) atoms. The van der Waals surface area contributed by atoms with E-state index in [-0.39, 0.29) is 0 Å². The van der Waals surface area contributed by atoms with E-state index in [1.54, 1.807) is 11.3 Å². The zero-order valence-electron chi connectivity index (χ0n) is 9.47. The van der Waals surface area contributed by atoms with Crippen molar-refractivity contribution in [1.82, 2.24) is 4.98 Å². The number of hydrogen-bond donors (Lipinski definition) is 1. The fourth-order valence-corrected chi connectivity index (χ4v) is 3.06. The fraction of sp³-hybridized carbons (Fsp3) is 0.0714. The molecule has 0 atom stereocenters. The number of nitrogens with zero attached hydrogens (tertiary/aromatic N) is 1. The third kappa shape index (κ3) is 1.68. The number of rotatable bonds is 1. The smallest absolute Gasteiger partial charge is 0.126 e. The van der Waals surface area contributed by atoms with Gasteiger partial charge in [-0.15, -0.1) is 11.3 Å². The van der Waals surface area contributed by atoms with Crippen molar-refractivity contribution in [3.8, 4) is 10.6 Å². The van der Waals surface area contributed by atoms with E-state index >= 15 is 0 Å². The first-order chi connectivity index (χ1) is 8.25. The summed E-state index contributed by atoms with van der Waals surface area (Å²) in [4.78, 5) is 4.64. The van der Waals surface area contributed by atoms with Crippen molar-refractivity contribution in [3.05, 3.63) is 48.0 Å². The molecule has 0 bridgehead atoms.